The molecule has 1 aliphatic rings. The van der Waals surface area contributed by atoms with Gasteiger partial charge >= 0.3 is 6.18 Å². The predicted octanol–water partition coefficient (Wildman–Crippen LogP) is 2.69. The summed E-state index contributed by atoms with van der Waals surface area (Å²) in [6.07, 6.45) is -4.21. The lowest BCUT2D eigenvalue weighted by molar-refractivity contribution is -0.140. The first-order valence-corrected chi connectivity index (χ1v) is 7.75. The average Bonchev–Trinajstić information content (AvgIpc) is 2.53. The third-order valence-electron chi connectivity index (χ3n) is 3.91. The molecule has 0 saturated carbocycles. The zero-order chi connectivity index (χ0) is 17.7. The van der Waals surface area contributed by atoms with Gasteiger partial charge in [0.2, 0.25) is 0 Å². The molecular formula is C16H20F4N2O2. The maximum atomic E-state index is 13.9. The van der Waals surface area contributed by atoms with Gasteiger partial charge in [-0.15, -0.1) is 0 Å². The molecule has 1 unspecified atom stereocenters. The summed E-state index contributed by atoms with van der Waals surface area (Å²) in [6.45, 7) is 5.41. The molecule has 134 valence electrons. The number of morpholine rings is 1. The first-order chi connectivity index (χ1) is 11.3. The number of ether oxygens (including phenoxy) is 1. The quantitative estimate of drug-likeness (QED) is 0.832. The average molecular weight is 348 g/mol. The standard InChI is InChI=1S/C16H20F4N2O2/c1-11(5-6-22-7-9-24-10-8-22)21-15(23)12-3-2-4-13(14(12)17)16(18,19)20/h2-4,11H,5-10H2,1H3,(H,21,23). The molecule has 1 fully saturated rings. The van der Waals surface area contributed by atoms with Crippen LogP contribution in [-0.2, 0) is 10.9 Å². The molecule has 4 nitrogen and oxygen atoms in total. The van der Waals surface area contributed by atoms with Crippen molar-refractivity contribution in [3.05, 3.63) is 35.1 Å². The minimum atomic E-state index is -4.83. The van der Waals surface area contributed by atoms with Gasteiger partial charge in [-0.05, 0) is 25.5 Å². The van der Waals surface area contributed by atoms with Crippen LogP contribution in [0.1, 0.15) is 29.3 Å². The SMILES string of the molecule is CC(CCN1CCOCC1)NC(=O)c1cccc(C(F)(F)F)c1F. The van der Waals surface area contributed by atoms with Gasteiger partial charge in [-0.1, -0.05) is 6.07 Å². The van der Waals surface area contributed by atoms with Gasteiger partial charge in [0.25, 0.3) is 5.91 Å². The molecule has 0 bridgehead atoms. The summed E-state index contributed by atoms with van der Waals surface area (Å²) in [5, 5.41) is 2.55. The van der Waals surface area contributed by atoms with Crippen molar-refractivity contribution in [2.75, 3.05) is 32.8 Å². The van der Waals surface area contributed by atoms with E-state index in [4.69, 9.17) is 4.74 Å². The molecule has 0 spiro atoms. The highest BCUT2D eigenvalue weighted by Crippen LogP contribution is 2.32. The third-order valence-corrected chi connectivity index (χ3v) is 3.91. The molecule has 1 aromatic rings. The van der Waals surface area contributed by atoms with E-state index < -0.39 is 29.0 Å². The largest absolute Gasteiger partial charge is 0.419 e. The Kier molecular flexibility index (Phi) is 6.17. The van der Waals surface area contributed by atoms with Gasteiger partial charge in [0.1, 0.15) is 5.82 Å². The summed E-state index contributed by atoms with van der Waals surface area (Å²) in [4.78, 5) is 14.2. The molecule has 0 radical (unpaired) electrons. The number of carbonyl (C=O) groups is 1. The molecule has 2 rings (SSSR count). The van der Waals surface area contributed by atoms with Crippen molar-refractivity contribution >= 4 is 5.91 Å². The van der Waals surface area contributed by atoms with E-state index in [-0.39, 0.29) is 6.04 Å². The highest BCUT2D eigenvalue weighted by Gasteiger charge is 2.35. The van der Waals surface area contributed by atoms with Gasteiger partial charge in [-0.25, -0.2) is 4.39 Å². The number of hydrogen-bond acceptors (Lipinski definition) is 3. The van der Waals surface area contributed by atoms with Crippen molar-refractivity contribution in [2.45, 2.75) is 25.6 Å². The van der Waals surface area contributed by atoms with E-state index in [0.717, 1.165) is 31.8 Å². The number of hydrogen-bond donors (Lipinski definition) is 1. The van der Waals surface area contributed by atoms with E-state index in [1.54, 1.807) is 6.92 Å². The summed E-state index contributed by atoms with van der Waals surface area (Å²) in [7, 11) is 0. The lowest BCUT2D eigenvalue weighted by Gasteiger charge is -2.27. The summed E-state index contributed by atoms with van der Waals surface area (Å²) in [5.41, 5.74) is -2.03. The smallest absolute Gasteiger partial charge is 0.379 e. The van der Waals surface area contributed by atoms with Gasteiger partial charge in [0.05, 0.1) is 24.3 Å². The van der Waals surface area contributed by atoms with Crippen molar-refractivity contribution in [1.82, 2.24) is 10.2 Å². The number of alkyl halides is 3. The van der Waals surface area contributed by atoms with Crippen molar-refractivity contribution in [3.63, 3.8) is 0 Å². The normalized spacial score (nSPS) is 17.5. The Morgan fingerprint density at radius 2 is 2.00 bits per heavy atom. The molecule has 1 atom stereocenters. The highest BCUT2D eigenvalue weighted by atomic mass is 19.4. The number of rotatable bonds is 5. The Bertz CT molecular complexity index is 572. The van der Waals surface area contributed by atoms with Crippen LogP contribution in [0.25, 0.3) is 0 Å². The molecule has 8 heteroatoms. The predicted molar refractivity (Wildman–Crippen MR) is 80.2 cm³/mol. The van der Waals surface area contributed by atoms with Crippen LogP contribution in [0, 0.1) is 5.82 Å². The number of nitrogens with one attached hydrogen (secondary N) is 1. The molecule has 1 N–H and O–H groups in total. The van der Waals surface area contributed by atoms with Gasteiger partial charge in [0.15, 0.2) is 0 Å². The second kappa shape index (κ2) is 7.94. The Morgan fingerprint density at radius 3 is 2.62 bits per heavy atom. The minimum absolute atomic E-state index is 0.283. The molecule has 1 amide bonds. The van der Waals surface area contributed by atoms with Crippen molar-refractivity contribution in [2.24, 2.45) is 0 Å². The summed E-state index contributed by atoms with van der Waals surface area (Å²) < 4.78 is 57.3. The third kappa shape index (κ3) is 4.91. The Labute approximate surface area is 137 Å². The second-order valence-corrected chi connectivity index (χ2v) is 5.78. The maximum Gasteiger partial charge on any atom is 0.419 e. The summed E-state index contributed by atoms with van der Waals surface area (Å²) >= 11 is 0. The zero-order valence-corrected chi connectivity index (χ0v) is 13.3. The van der Waals surface area contributed by atoms with Crippen LogP contribution in [0.3, 0.4) is 0 Å². The van der Waals surface area contributed by atoms with E-state index >= 15 is 0 Å². The van der Waals surface area contributed by atoms with Gasteiger partial charge in [-0.3, -0.25) is 9.69 Å². The lowest BCUT2D eigenvalue weighted by Crippen LogP contribution is -2.40. The van der Waals surface area contributed by atoms with E-state index in [9.17, 15) is 22.4 Å². The van der Waals surface area contributed by atoms with Crippen LogP contribution in [0.4, 0.5) is 17.6 Å². The number of carbonyl (C=O) groups excluding carboxylic acids is 1. The van der Waals surface area contributed by atoms with Crippen LogP contribution in [0.5, 0.6) is 0 Å². The molecule has 24 heavy (non-hydrogen) atoms. The number of benzene rings is 1. The number of halogens is 4. The van der Waals surface area contributed by atoms with E-state index in [1.165, 1.54) is 0 Å². The van der Waals surface area contributed by atoms with Crippen molar-refractivity contribution in [1.29, 1.82) is 0 Å². The van der Waals surface area contributed by atoms with Crippen LogP contribution in [0.2, 0.25) is 0 Å². The van der Waals surface area contributed by atoms with E-state index in [2.05, 4.69) is 10.2 Å². The summed E-state index contributed by atoms with van der Waals surface area (Å²) in [5.74, 6) is -2.38. The maximum absolute atomic E-state index is 13.9. The fourth-order valence-corrected chi connectivity index (χ4v) is 2.50. The molecule has 0 aromatic heterocycles. The van der Waals surface area contributed by atoms with E-state index in [1.807, 2.05) is 0 Å². The van der Waals surface area contributed by atoms with Crippen LogP contribution < -0.4 is 5.32 Å². The minimum Gasteiger partial charge on any atom is -0.379 e. The zero-order valence-electron chi connectivity index (χ0n) is 13.3. The second-order valence-electron chi connectivity index (χ2n) is 5.78. The highest BCUT2D eigenvalue weighted by molar-refractivity contribution is 5.94. The number of nitrogens with zero attached hydrogens (tertiary/aromatic N) is 1. The van der Waals surface area contributed by atoms with Crippen LogP contribution in [0.15, 0.2) is 18.2 Å². The molecule has 0 aliphatic carbocycles. The molecule has 1 saturated heterocycles. The van der Waals surface area contributed by atoms with Gasteiger partial charge in [-0.2, -0.15) is 13.2 Å². The molecular weight excluding hydrogens is 328 g/mol. The van der Waals surface area contributed by atoms with Crippen LogP contribution >= 0.6 is 0 Å². The summed E-state index contributed by atoms with van der Waals surface area (Å²) in [6, 6.07) is 2.41. The molecule has 1 aromatic carbocycles. The Morgan fingerprint density at radius 1 is 1.33 bits per heavy atom. The first kappa shape index (κ1) is 18.7. The lowest BCUT2D eigenvalue weighted by atomic mass is 10.1. The van der Waals surface area contributed by atoms with E-state index in [0.29, 0.717) is 25.7 Å². The Hall–Kier alpha value is -1.67. The fraction of sp³-hybridized carbons (Fsp3) is 0.562. The van der Waals surface area contributed by atoms with Crippen molar-refractivity contribution < 1.29 is 27.1 Å². The number of amides is 1. The van der Waals surface area contributed by atoms with Gasteiger partial charge in [0, 0.05) is 25.7 Å². The van der Waals surface area contributed by atoms with Crippen molar-refractivity contribution in [3.8, 4) is 0 Å². The first-order valence-electron chi connectivity index (χ1n) is 7.75. The fourth-order valence-electron chi connectivity index (χ4n) is 2.50. The van der Waals surface area contributed by atoms with Crippen LogP contribution in [-0.4, -0.2) is 49.7 Å². The monoisotopic (exact) mass is 348 g/mol. The molecule has 1 aliphatic heterocycles. The topological polar surface area (TPSA) is 41.6 Å². The Balaban J connectivity index is 1.94. The molecule has 1 heterocycles. The van der Waals surface area contributed by atoms with Gasteiger partial charge < -0.3 is 10.1 Å².